The van der Waals surface area contributed by atoms with Crippen LogP contribution in [0.4, 0.5) is 0 Å². The number of rotatable bonds is 4. The fourth-order valence-electron chi connectivity index (χ4n) is 4.95. The maximum atomic E-state index is 13.1. The van der Waals surface area contributed by atoms with E-state index in [0.29, 0.717) is 12.2 Å². The number of hydrogen-bond acceptors (Lipinski definition) is 1. The number of benzene rings is 3. The van der Waals surface area contributed by atoms with Gasteiger partial charge >= 0.3 is 0 Å². The number of nitrogens with one attached hydrogen (secondary N) is 1. The van der Waals surface area contributed by atoms with E-state index in [0.717, 1.165) is 46.6 Å². The van der Waals surface area contributed by atoms with Crippen LogP contribution in [0, 0.1) is 5.92 Å². The zero-order valence-corrected chi connectivity index (χ0v) is 17.5. The summed E-state index contributed by atoms with van der Waals surface area (Å²) in [6, 6.07) is 26.9. The highest BCUT2D eigenvalue weighted by atomic mass is 35.5. The summed E-state index contributed by atoms with van der Waals surface area (Å²) in [7, 11) is 0. The number of carbonyl (C=O) groups excluding carboxylic acids is 1. The molecule has 1 saturated carbocycles. The third kappa shape index (κ3) is 3.46. The number of ketones is 1. The van der Waals surface area contributed by atoms with Crippen LogP contribution in [0.5, 0.6) is 0 Å². The number of hydrogen-bond donors (Lipinski definition) is 1. The van der Waals surface area contributed by atoms with E-state index in [1.165, 1.54) is 10.9 Å². The van der Waals surface area contributed by atoms with Crippen LogP contribution < -0.4 is 0 Å². The summed E-state index contributed by atoms with van der Waals surface area (Å²) in [6.45, 7) is 0. The summed E-state index contributed by atoms with van der Waals surface area (Å²) in [5.74, 6) is 0.369. The van der Waals surface area contributed by atoms with Gasteiger partial charge in [-0.1, -0.05) is 78.7 Å². The monoisotopic (exact) mass is 413 g/mol. The second-order valence-electron chi connectivity index (χ2n) is 8.17. The number of para-hydroxylation sites is 1. The Hall–Kier alpha value is -2.84. The van der Waals surface area contributed by atoms with Crippen LogP contribution in [-0.4, -0.2) is 10.8 Å². The van der Waals surface area contributed by atoms with Gasteiger partial charge in [0.05, 0.1) is 5.69 Å². The molecule has 2 nitrogen and oxygen atoms in total. The van der Waals surface area contributed by atoms with Crippen molar-refractivity contribution in [2.75, 3.05) is 0 Å². The predicted octanol–water partition coefficient (Wildman–Crippen LogP) is 7.38. The van der Waals surface area contributed by atoms with E-state index in [1.807, 2.05) is 18.2 Å². The molecule has 0 radical (unpaired) electrons. The van der Waals surface area contributed by atoms with Crippen LogP contribution in [0.25, 0.3) is 22.2 Å². The summed E-state index contributed by atoms with van der Waals surface area (Å²) in [4.78, 5) is 16.8. The van der Waals surface area contributed by atoms with E-state index in [4.69, 9.17) is 11.6 Å². The lowest BCUT2D eigenvalue weighted by molar-refractivity contribution is -0.125. The minimum Gasteiger partial charge on any atom is -0.354 e. The largest absolute Gasteiger partial charge is 0.354 e. The van der Waals surface area contributed by atoms with E-state index in [1.54, 1.807) is 0 Å². The second-order valence-corrected chi connectivity index (χ2v) is 8.61. The first-order valence-electron chi connectivity index (χ1n) is 10.7. The van der Waals surface area contributed by atoms with Crippen molar-refractivity contribution in [2.24, 2.45) is 5.92 Å². The lowest BCUT2D eigenvalue weighted by atomic mass is 9.72. The molecule has 1 aliphatic carbocycles. The molecule has 3 heteroatoms. The Morgan fingerprint density at radius 3 is 2.37 bits per heavy atom. The van der Waals surface area contributed by atoms with Crippen molar-refractivity contribution in [2.45, 2.75) is 31.6 Å². The van der Waals surface area contributed by atoms with Gasteiger partial charge in [0.15, 0.2) is 0 Å². The zero-order chi connectivity index (χ0) is 20.5. The molecular weight excluding hydrogens is 390 g/mol. The van der Waals surface area contributed by atoms with Crippen molar-refractivity contribution in [3.8, 4) is 11.3 Å². The van der Waals surface area contributed by atoms with Crippen LogP contribution in [0.3, 0.4) is 0 Å². The van der Waals surface area contributed by atoms with E-state index in [-0.39, 0.29) is 11.8 Å². The molecule has 1 fully saturated rings. The van der Waals surface area contributed by atoms with Gasteiger partial charge in [0.25, 0.3) is 0 Å². The summed E-state index contributed by atoms with van der Waals surface area (Å²) in [5, 5.41) is 1.91. The van der Waals surface area contributed by atoms with Gasteiger partial charge in [0, 0.05) is 34.2 Å². The zero-order valence-electron chi connectivity index (χ0n) is 16.8. The normalized spacial score (nSPS) is 17.9. The van der Waals surface area contributed by atoms with Gasteiger partial charge in [-0.2, -0.15) is 0 Å². The van der Waals surface area contributed by atoms with Gasteiger partial charge in [-0.15, -0.1) is 0 Å². The van der Waals surface area contributed by atoms with E-state index >= 15 is 0 Å². The first-order chi connectivity index (χ1) is 14.7. The lowest BCUT2D eigenvalue weighted by Gasteiger charge is -2.30. The molecule has 1 N–H and O–H groups in total. The van der Waals surface area contributed by atoms with Crippen molar-refractivity contribution in [1.29, 1.82) is 0 Å². The van der Waals surface area contributed by atoms with Crippen LogP contribution in [0.15, 0.2) is 78.9 Å². The van der Waals surface area contributed by atoms with Gasteiger partial charge in [0.1, 0.15) is 5.78 Å². The molecule has 5 rings (SSSR count). The molecule has 0 aliphatic heterocycles. The second kappa shape index (κ2) is 8.12. The van der Waals surface area contributed by atoms with Crippen LogP contribution in [0.1, 0.15) is 42.7 Å². The number of halogens is 1. The van der Waals surface area contributed by atoms with Crippen LogP contribution in [-0.2, 0) is 4.79 Å². The van der Waals surface area contributed by atoms with Crippen LogP contribution >= 0.6 is 11.6 Å². The molecule has 0 bridgehead atoms. The third-order valence-corrected chi connectivity index (χ3v) is 6.61. The summed E-state index contributed by atoms with van der Waals surface area (Å²) >= 11 is 6.20. The Morgan fingerprint density at radius 1 is 0.867 bits per heavy atom. The molecule has 1 aliphatic rings. The summed E-state index contributed by atoms with van der Waals surface area (Å²) in [6.07, 6.45) is 3.71. The number of aromatic nitrogens is 1. The molecule has 0 saturated heterocycles. The molecule has 3 aromatic carbocycles. The highest BCUT2D eigenvalue weighted by molar-refractivity contribution is 6.30. The number of fused-ring (bicyclic) bond motifs is 1. The molecule has 0 amide bonds. The Labute approximate surface area is 181 Å². The Morgan fingerprint density at radius 2 is 1.60 bits per heavy atom. The van der Waals surface area contributed by atoms with E-state index in [2.05, 4.69) is 65.6 Å². The van der Waals surface area contributed by atoms with Gasteiger partial charge in [-0.25, -0.2) is 0 Å². The number of carbonyl (C=O) groups is 1. The van der Waals surface area contributed by atoms with Crippen molar-refractivity contribution >= 4 is 28.3 Å². The fraction of sp³-hybridized carbons (Fsp3) is 0.222. The summed E-state index contributed by atoms with van der Waals surface area (Å²) in [5.41, 5.74) is 5.73. The first-order valence-corrected chi connectivity index (χ1v) is 11.0. The molecule has 150 valence electrons. The SMILES string of the molecule is O=C1CCCC[C@H]1[C@@H](c1ccc(Cl)cc1)c1c(-c2ccccc2)[nH]c2ccccc12. The first kappa shape index (κ1) is 19.1. The Kier molecular flexibility index (Phi) is 5.18. The molecule has 2 atom stereocenters. The van der Waals surface area contributed by atoms with Crippen molar-refractivity contribution in [3.05, 3.63) is 95.0 Å². The van der Waals surface area contributed by atoms with Gasteiger partial charge in [0.2, 0.25) is 0 Å². The topological polar surface area (TPSA) is 32.9 Å². The number of aromatic amines is 1. The van der Waals surface area contributed by atoms with E-state index in [9.17, 15) is 4.79 Å². The molecule has 0 spiro atoms. The predicted molar refractivity (Wildman–Crippen MR) is 124 cm³/mol. The average Bonchev–Trinajstić information content (AvgIpc) is 3.17. The number of Topliss-reactive ketones (excluding diaryl/α,β-unsaturated/α-hetero) is 1. The maximum Gasteiger partial charge on any atom is 0.136 e. The van der Waals surface area contributed by atoms with E-state index < -0.39 is 0 Å². The fourth-order valence-corrected chi connectivity index (χ4v) is 5.08. The number of H-pyrrole nitrogens is 1. The van der Waals surface area contributed by atoms with Gasteiger partial charge in [-0.3, -0.25) is 4.79 Å². The molecule has 1 aromatic heterocycles. The van der Waals surface area contributed by atoms with Crippen molar-refractivity contribution in [1.82, 2.24) is 4.98 Å². The highest BCUT2D eigenvalue weighted by Gasteiger charge is 2.35. The third-order valence-electron chi connectivity index (χ3n) is 6.35. The maximum absolute atomic E-state index is 13.1. The Balaban J connectivity index is 1.78. The van der Waals surface area contributed by atoms with Gasteiger partial charge < -0.3 is 4.98 Å². The van der Waals surface area contributed by atoms with Crippen LogP contribution in [0.2, 0.25) is 5.02 Å². The molecular formula is C27H24ClNO. The smallest absolute Gasteiger partial charge is 0.136 e. The molecule has 4 aromatic rings. The summed E-state index contributed by atoms with van der Waals surface area (Å²) < 4.78 is 0. The quantitative estimate of drug-likeness (QED) is 0.372. The minimum atomic E-state index is -0.0124. The Bertz CT molecular complexity index is 1180. The minimum absolute atomic E-state index is 0.00132. The van der Waals surface area contributed by atoms with Gasteiger partial charge in [-0.05, 0) is 47.7 Å². The molecule has 30 heavy (non-hydrogen) atoms. The lowest BCUT2D eigenvalue weighted by Crippen LogP contribution is -2.26. The average molecular weight is 414 g/mol. The highest BCUT2D eigenvalue weighted by Crippen LogP contribution is 2.45. The molecule has 0 unspecified atom stereocenters. The van der Waals surface area contributed by atoms with Crippen molar-refractivity contribution in [3.63, 3.8) is 0 Å². The van der Waals surface area contributed by atoms with Crippen molar-refractivity contribution < 1.29 is 4.79 Å². The molecule has 1 heterocycles. The standard InChI is InChI=1S/C27H24ClNO/c28-20-16-14-18(15-17-20)25(22-11-5-7-13-24(22)30)26-21-10-4-6-12-23(21)29-27(26)19-8-2-1-3-9-19/h1-4,6,8-10,12,14-17,22,25,29H,5,7,11,13H2/t22-,25-/m1/s1.